The zero-order valence-corrected chi connectivity index (χ0v) is 10.9. The molecule has 6 heteroatoms. The Hall–Kier alpha value is -0.790. The molecule has 0 aliphatic carbocycles. The van der Waals surface area contributed by atoms with Crippen molar-refractivity contribution in [3.8, 4) is 0 Å². The molecule has 1 aromatic rings. The van der Waals surface area contributed by atoms with Crippen molar-refractivity contribution in [2.24, 2.45) is 0 Å². The zero-order chi connectivity index (χ0) is 12.3. The van der Waals surface area contributed by atoms with Crippen LogP contribution in [-0.2, 0) is 4.74 Å². The molecular weight excluding hydrogens is 331 g/mol. The van der Waals surface area contributed by atoms with Crippen LogP contribution in [0.15, 0.2) is 6.07 Å². The molecular formula is C10H10F2INO2. The molecule has 0 fully saturated rings. The second-order valence-electron chi connectivity index (χ2n) is 3.03. The van der Waals surface area contributed by atoms with Crippen molar-refractivity contribution in [1.29, 1.82) is 0 Å². The third-order valence-electron chi connectivity index (χ3n) is 1.81. The van der Waals surface area contributed by atoms with Gasteiger partial charge in [0.2, 0.25) is 0 Å². The first-order valence-corrected chi connectivity index (χ1v) is 5.67. The average molecular weight is 341 g/mol. The fourth-order valence-corrected chi connectivity index (χ4v) is 2.17. The van der Waals surface area contributed by atoms with Gasteiger partial charge in [-0.2, -0.15) is 0 Å². The Morgan fingerprint density at radius 3 is 2.75 bits per heavy atom. The summed E-state index contributed by atoms with van der Waals surface area (Å²) in [6, 6.07) is 1.57. The van der Waals surface area contributed by atoms with Crippen molar-refractivity contribution < 1.29 is 18.3 Å². The van der Waals surface area contributed by atoms with Crippen LogP contribution in [-0.4, -0.2) is 17.6 Å². The summed E-state index contributed by atoms with van der Waals surface area (Å²) < 4.78 is 30.6. The summed E-state index contributed by atoms with van der Waals surface area (Å²) in [5.41, 5.74) is -0.196. The first kappa shape index (κ1) is 13.3. The highest BCUT2D eigenvalue weighted by molar-refractivity contribution is 14.1. The number of esters is 1. The molecule has 0 spiro atoms. The quantitative estimate of drug-likeness (QED) is 0.627. The van der Waals surface area contributed by atoms with E-state index >= 15 is 0 Å². The van der Waals surface area contributed by atoms with Gasteiger partial charge >= 0.3 is 5.97 Å². The molecule has 88 valence electrons. The maximum Gasteiger partial charge on any atom is 0.341 e. The molecule has 0 radical (unpaired) electrons. The van der Waals surface area contributed by atoms with Gasteiger partial charge in [0, 0.05) is 9.26 Å². The maximum atomic E-state index is 12.7. The molecule has 1 rings (SSSR count). The van der Waals surface area contributed by atoms with Crippen molar-refractivity contribution in [2.75, 3.05) is 6.61 Å². The molecule has 0 atom stereocenters. The van der Waals surface area contributed by atoms with Crippen LogP contribution < -0.4 is 0 Å². The van der Waals surface area contributed by atoms with Gasteiger partial charge in [-0.3, -0.25) is 4.98 Å². The van der Waals surface area contributed by atoms with Gasteiger partial charge in [-0.1, -0.05) is 0 Å². The Bertz CT molecular complexity index is 410. The molecule has 0 saturated carbocycles. The number of halogens is 3. The molecule has 0 aliphatic rings. The van der Waals surface area contributed by atoms with Crippen LogP contribution in [0, 0.1) is 10.5 Å². The molecule has 0 unspecified atom stereocenters. The monoisotopic (exact) mass is 341 g/mol. The lowest BCUT2D eigenvalue weighted by molar-refractivity contribution is 0.0512. The lowest BCUT2D eigenvalue weighted by Gasteiger charge is -2.10. The minimum atomic E-state index is -2.78. The number of aryl methyl sites for hydroxylation is 1. The van der Waals surface area contributed by atoms with Crippen LogP contribution in [0.2, 0.25) is 0 Å². The molecule has 1 aromatic heterocycles. The van der Waals surface area contributed by atoms with E-state index in [4.69, 9.17) is 4.74 Å². The second kappa shape index (κ2) is 5.51. The van der Waals surface area contributed by atoms with Gasteiger partial charge in [0.15, 0.2) is 0 Å². The SMILES string of the molecule is CCOC(=O)c1c(I)cc(C)nc1C(F)F. The minimum Gasteiger partial charge on any atom is -0.462 e. The Labute approximate surface area is 105 Å². The largest absolute Gasteiger partial charge is 0.462 e. The van der Waals surface area contributed by atoms with E-state index in [1.54, 1.807) is 19.9 Å². The Balaban J connectivity index is 3.29. The van der Waals surface area contributed by atoms with Crippen molar-refractivity contribution in [2.45, 2.75) is 20.3 Å². The average Bonchev–Trinajstić information content (AvgIpc) is 2.16. The van der Waals surface area contributed by atoms with E-state index in [2.05, 4.69) is 4.98 Å². The molecule has 0 amide bonds. The fourth-order valence-electron chi connectivity index (χ4n) is 1.22. The maximum absolute atomic E-state index is 12.7. The number of aromatic nitrogens is 1. The van der Waals surface area contributed by atoms with E-state index in [0.717, 1.165) is 0 Å². The molecule has 0 aromatic carbocycles. The van der Waals surface area contributed by atoms with Crippen LogP contribution in [0.25, 0.3) is 0 Å². The summed E-state index contributed by atoms with van der Waals surface area (Å²) in [6.45, 7) is 3.36. The van der Waals surface area contributed by atoms with Gasteiger partial charge < -0.3 is 4.74 Å². The zero-order valence-electron chi connectivity index (χ0n) is 8.76. The number of ether oxygens (including phenoxy) is 1. The van der Waals surface area contributed by atoms with E-state index in [1.165, 1.54) is 0 Å². The summed E-state index contributed by atoms with van der Waals surface area (Å²) in [5, 5.41) is 0. The molecule has 0 saturated heterocycles. The third-order valence-corrected chi connectivity index (χ3v) is 2.66. The van der Waals surface area contributed by atoms with Gasteiger partial charge in [0.25, 0.3) is 6.43 Å². The van der Waals surface area contributed by atoms with Crippen molar-refractivity contribution in [1.82, 2.24) is 4.98 Å². The second-order valence-corrected chi connectivity index (χ2v) is 4.19. The number of carbonyl (C=O) groups is 1. The van der Waals surface area contributed by atoms with Gasteiger partial charge in [-0.15, -0.1) is 0 Å². The van der Waals surface area contributed by atoms with E-state index < -0.39 is 18.1 Å². The van der Waals surface area contributed by atoms with Crippen LogP contribution >= 0.6 is 22.6 Å². The van der Waals surface area contributed by atoms with E-state index in [0.29, 0.717) is 9.26 Å². The first-order valence-electron chi connectivity index (χ1n) is 4.59. The van der Waals surface area contributed by atoms with E-state index in [-0.39, 0.29) is 12.2 Å². The van der Waals surface area contributed by atoms with Crippen LogP contribution in [0.4, 0.5) is 8.78 Å². The summed E-state index contributed by atoms with van der Waals surface area (Å²) in [4.78, 5) is 15.2. The first-order chi connectivity index (χ1) is 7.47. The van der Waals surface area contributed by atoms with Crippen LogP contribution in [0.5, 0.6) is 0 Å². The summed E-state index contributed by atoms with van der Waals surface area (Å²) >= 11 is 1.83. The lowest BCUT2D eigenvalue weighted by atomic mass is 10.2. The lowest BCUT2D eigenvalue weighted by Crippen LogP contribution is -2.13. The van der Waals surface area contributed by atoms with Crippen molar-refractivity contribution >= 4 is 28.6 Å². The number of hydrogen-bond acceptors (Lipinski definition) is 3. The fraction of sp³-hybridized carbons (Fsp3) is 0.400. The summed E-state index contributed by atoms with van der Waals surface area (Å²) in [7, 11) is 0. The van der Waals surface area contributed by atoms with Crippen LogP contribution in [0.3, 0.4) is 0 Å². The number of nitrogens with zero attached hydrogens (tertiary/aromatic N) is 1. The third kappa shape index (κ3) is 2.87. The van der Waals surface area contributed by atoms with Gasteiger partial charge in [-0.25, -0.2) is 13.6 Å². The van der Waals surface area contributed by atoms with E-state index in [9.17, 15) is 13.6 Å². The Morgan fingerprint density at radius 1 is 1.62 bits per heavy atom. The number of carbonyl (C=O) groups excluding carboxylic acids is 1. The Morgan fingerprint density at radius 2 is 2.25 bits per heavy atom. The number of hydrogen-bond donors (Lipinski definition) is 0. The Kier molecular flexibility index (Phi) is 4.57. The minimum absolute atomic E-state index is 0.136. The molecule has 0 bridgehead atoms. The highest BCUT2D eigenvalue weighted by Gasteiger charge is 2.24. The topological polar surface area (TPSA) is 39.2 Å². The van der Waals surface area contributed by atoms with Crippen molar-refractivity contribution in [3.05, 3.63) is 26.6 Å². The molecule has 0 aliphatic heterocycles. The van der Waals surface area contributed by atoms with Crippen molar-refractivity contribution in [3.63, 3.8) is 0 Å². The van der Waals surface area contributed by atoms with E-state index in [1.807, 2.05) is 22.6 Å². The standard InChI is InChI=1S/C10H10F2INO2/c1-3-16-10(15)7-6(13)4-5(2)14-8(7)9(11)12/h4,9H,3H2,1-2H3. The normalized spacial score (nSPS) is 10.6. The smallest absolute Gasteiger partial charge is 0.341 e. The van der Waals surface area contributed by atoms with Gasteiger partial charge in [-0.05, 0) is 42.5 Å². The predicted molar refractivity (Wildman–Crippen MR) is 62.6 cm³/mol. The summed E-state index contributed by atoms with van der Waals surface area (Å²) in [6.07, 6.45) is -2.78. The molecule has 0 N–H and O–H groups in total. The highest BCUT2D eigenvalue weighted by atomic mass is 127. The highest BCUT2D eigenvalue weighted by Crippen LogP contribution is 2.26. The van der Waals surface area contributed by atoms with Crippen LogP contribution in [0.1, 0.15) is 35.1 Å². The summed E-state index contributed by atoms with van der Waals surface area (Å²) in [5.74, 6) is -0.755. The van der Waals surface area contributed by atoms with Gasteiger partial charge in [0.1, 0.15) is 11.3 Å². The number of alkyl halides is 2. The number of rotatable bonds is 3. The molecule has 1 heterocycles. The molecule has 3 nitrogen and oxygen atoms in total. The van der Waals surface area contributed by atoms with Gasteiger partial charge in [0.05, 0.1) is 6.61 Å². The molecule has 16 heavy (non-hydrogen) atoms. The number of pyridine rings is 1. The predicted octanol–water partition coefficient (Wildman–Crippen LogP) is 3.11.